The van der Waals surface area contributed by atoms with Crippen molar-refractivity contribution in [1.29, 1.82) is 0 Å². The van der Waals surface area contributed by atoms with Gasteiger partial charge >= 0.3 is 0 Å². The van der Waals surface area contributed by atoms with E-state index in [1.165, 1.54) is 44.4 Å². The largest absolute Gasteiger partial charge is 0.455 e. The maximum absolute atomic E-state index is 6.44. The van der Waals surface area contributed by atoms with Crippen LogP contribution in [0.5, 0.6) is 0 Å². The molecular formula is C52H35BNO. The van der Waals surface area contributed by atoms with Gasteiger partial charge in [0.25, 0.3) is 0 Å². The monoisotopic (exact) mass is 700 g/mol. The van der Waals surface area contributed by atoms with Crippen LogP contribution in [0.25, 0.3) is 49.3 Å². The predicted molar refractivity (Wildman–Crippen MR) is 231 cm³/mol. The van der Waals surface area contributed by atoms with Crippen LogP contribution in [-0.2, 0) is 5.41 Å². The van der Waals surface area contributed by atoms with Crippen LogP contribution in [0.1, 0.15) is 27.8 Å². The highest BCUT2D eigenvalue weighted by Gasteiger charge is 2.45. The molecule has 0 saturated heterocycles. The average Bonchev–Trinajstić information content (AvgIpc) is 3.79. The quantitative estimate of drug-likeness (QED) is 0.161. The molecule has 0 amide bonds. The molecule has 1 aliphatic carbocycles. The van der Waals surface area contributed by atoms with Gasteiger partial charge < -0.3 is 9.32 Å². The van der Waals surface area contributed by atoms with E-state index in [1.54, 1.807) is 0 Å². The van der Waals surface area contributed by atoms with Gasteiger partial charge in [-0.1, -0.05) is 157 Å². The Kier molecular flexibility index (Phi) is 7.28. The molecule has 8 aromatic carbocycles. The Hall–Kier alpha value is -6.84. The first kappa shape index (κ1) is 31.7. The van der Waals surface area contributed by atoms with Crippen LogP contribution in [0.4, 0.5) is 17.1 Å². The summed E-state index contributed by atoms with van der Waals surface area (Å²) < 4.78 is 6.44. The summed E-state index contributed by atoms with van der Waals surface area (Å²) >= 11 is 0. The zero-order valence-electron chi connectivity index (χ0n) is 30.2. The van der Waals surface area contributed by atoms with Gasteiger partial charge in [-0.05, 0) is 98.9 Å². The fourth-order valence-corrected chi connectivity index (χ4v) is 9.19. The lowest BCUT2D eigenvalue weighted by Gasteiger charge is -2.34. The van der Waals surface area contributed by atoms with E-state index in [-0.39, 0.29) is 0 Å². The van der Waals surface area contributed by atoms with Gasteiger partial charge in [-0.2, -0.15) is 0 Å². The summed E-state index contributed by atoms with van der Waals surface area (Å²) in [5.74, 6) is 0. The molecular weight excluding hydrogens is 665 g/mol. The third-order valence-electron chi connectivity index (χ3n) is 11.7. The summed E-state index contributed by atoms with van der Waals surface area (Å²) in [7, 11) is 2.29. The van der Waals surface area contributed by atoms with Gasteiger partial charge in [0.05, 0.1) is 5.41 Å². The molecule has 1 aromatic heterocycles. The molecule has 0 spiro atoms. The third-order valence-corrected chi connectivity index (χ3v) is 11.7. The lowest BCUT2D eigenvalue weighted by Crippen LogP contribution is -2.28. The molecule has 3 heteroatoms. The molecule has 11 rings (SSSR count). The Morgan fingerprint density at radius 1 is 0.509 bits per heavy atom. The van der Waals surface area contributed by atoms with Gasteiger partial charge in [0, 0.05) is 33.2 Å². The number of nitrogens with zero attached hydrogens (tertiary/aromatic N) is 1. The summed E-state index contributed by atoms with van der Waals surface area (Å²) in [6.07, 6.45) is 7.49. The number of hydrogen-bond donors (Lipinski definition) is 0. The molecule has 2 heterocycles. The molecule has 0 N–H and O–H groups in total. The molecule has 0 fully saturated rings. The van der Waals surface area contributed by atoms with E-state index in [1.807, 2.05) is 12.1 Å². The number of anilines is 3. The van der Waals surface area contributed by atoms with Gasteiger partial charge in [0.2, 0.25) is 0 Å². The van der Waals surface area contributed by atoms with E-state index in [9.17, 15) is 0 Å². The summed E-state index contributed by atoms with van der Waals surface area (Å²) in [6, 6.07) is 66.6. The van der Waals surface area contributed by atoms with Crippen molar-refractivity contribution in [3.8, 4) is 11.1 Å². The number of furan rings is 1. The van der Waals surface area contributed by atoms with Crippen molar-refractivity contribution in [2.75, 3.05) is 4.90 Å². The molecule has 0 atom stereocenters. The standard InChI is InChI=1S/C52H35BNO/c1-2-12-37(13-3-1)52(47-17-7-4-14-43(47)44-15-5-8-18-48(44)52)38-24-28-40(29-25-38)54(39-26-21-35(22-27-39)49-19-10-11-33-53-49)41-30-32-42-36(34-41)23-31-46-45-16-6-9-20-50(45)55-51(42)46/h1-32,34H,33H2. The molecule has 1 radical (unpaired) electrons. The Balaban J connectivity index is 1.08. The highest BCUT2D eigenvalue weighted by atomic mass is 16.3. The first-order chi connectivity index (χ1) is 27.3. The lowest BCUT2D eigenvalue weighted by atomic mass is 9.62. The highest BCUT2D eigenvalue weighted by molar-refractivity contribution is 6.61. The van der Waals surface area contributed by atoms with Crippen LogP contribution in [0.3, 0.4) is 0 Å². The minimum absolute atomic E-state index is 0.445. The lowest BCUT2D eigenvalue weighted by molar-refractivity contribution is 0.672. The molecule has 0 saturated carbocycles. The van der Waals surface area contributed by atoms with E-state index in [4.69, 9.17) is 4.42 Å². The van der Waals surface area contributed by atoms with Crippen LogP contribution in [0.15, 0.2) is 205 Å². The van der Waals surface area contributed by atoms with Crippen LogP contribution in [0.2, 0.25) is 6.32 Å². The van der Waals surface area contributed by atoms with Crippen LogP contribution < -0.4 is 4.90 Å². The van der Waals surface area contributed by atoms with Crippen LogP contribution >= 0.6 is 0 Å². The maximum atomic E-state index is 6.44. The number of benzene rings is 8. The topological polar surface area (TPSA) is 16.4 Å². The van der Waals surface area contributed by atoms with Gasteiger partial charge in [-0.25, -0.2) is 0 Å². The van der Waals surface area contributed by atoms with Crippen molar-refractivity contribution in [2.45, 2.75) is 11.7 Å². The summed E-state index contributed by atoms with van der Waals surface area (Å²) in [4.78, 5) is 2.38. The SMILES string of the molecule is [B]1CC=CC=C1c1ccc(N(c2ccc(C3(c4ccccc4)c4ccccc4-c4ccccc43)cc2)c2ccc3c(ccc4c5ccccc5oc34)c2)cc1. The van der Waals surface area contributed by atoms with E-state index >= 15 is 0 Å². The first-order valence-corrected chi connectivity index (χ1v) is 19.1. The van der Waals surface area contributed by atoms with Crippen molar-refractivity contribution in [1.82, 2.24) is 0 Å². The van der Waals surface area contributed by atoms with Crippen LogP contribution in [0, 0.1) is 0 Å². The van der Waals surface area contributed by atoms with Crippen molar-refractivity contribution < 1.29 is 4.42 Å². The van der Waals surface area contributed by atoms with Crippen molar-refractivity contribution in [2.24, 2.45) is 0 Å². The van der Waals surface area contributed by atoms with Gasteiger partial charge in [0.1, 0.15) is 11.2 Å². The molecule has 2 aliphatic rings. The maximum Gasteiger partial charge on any atom is 0.156 e. The number of allylic oxidation sites excluding steroid dienone is 3. The first-order valence-electron chi connectivity index (χ1n) is 19.1. The number of rotatable bonds is 6. The molecule has 55 heavy (non-hydrogen) atoms. The zero-order valence-corrected chi connectivity index (χ0v) is 30.2. The van der Waals surface area contributed by atoms with Crippen LogP contribution in [-0.4, -0.2) is 7.28 Å². The zero-order chi connectivity index (χ0) is 36.3. The molecule has 257 valence electrons. The summed E-state index contributed by atoms with van der Waals surface area (Å²) in [5, 5.41) is 4.54. The number of para-hydroxylation sites is 1. The van der Waals surface area contributed by atoms with Gasteiger partial charge in [-0.15, -0.1) is 0 Å². The fraction of sp³-hybridized carbons (Fsp3) is 0.0385. The van der Waals surface area contributed by atoms with Gasteiger partial charge in [0.15, 0.2) is 7.28 Å². The van der Waals surface area contributed by atoms with Gasteiger partial charge in [-0.3, -0.25) is 0 Å². The van der Waals surface area contributed by atoms with Crippen molar-refractivity contribution >= 4 is 62.5 Å². The Morgan fingerprint density at radius 2 is 1.13 bits per heavy atom. The minimum Gasteiger partial charge on any atom is -0.455 e. The van der Waals surface area contributed by atoms with E-state index in [0.717, 1.165) is 56.1 Å². The second-order valence-electron chi connectivity index (χ2n) is 14.6. The second kappa shape index (κ2) is 12.6. The van der Waals surface area contributed by atoms with Crippen molar-refractivity contribution in [3.05, 3.63) is 228 Å². The Bertz CT molecular complexity index is 2930. The Morgan fingerprint density at radius 3 is 1.85 bits per heavy atom. The number of hydrogen-bond acceptors (Lipinski definition) is 2. The normalized spacial score (nSPS) is 14.1. The second-order valence-corrected chi connectivity index (χ2v) is 14.6. The van der Waals surface area contributed by atoms with E-state index < -0.39 is 5.41 Å². The smallest absolute Gasteiger partial charge is 0.156 e. The predicted octanol–water partition coefficient (Wildman–Crippen LogP) is 13.6. The highest BCUT2D eigenvalue weighted by Crippen LogP contribution is 2.56. The molecule has 9 aromatic rings. The average molecular weight is 701 g/mol. The fourth-order valence-electron chi connectivity index (χ4n) is 9.19. The molecule has 0 unspecified atom stereocenters. The molecule has 1 aliphatic heterocycles. The summed E-state index contributed by atoms with van der Waals surface area (Å²) in [6.45, 7) is 0. The molecule has 2 nitrogen and oxygen atoms in total. The van der Waals surface area contributed by atoms with Crippen molar-refractivity contribution in [3.63, 3.8) is 0 Å². The minimum atomic E-state index is -0.445. The third kappa shape index (κ3) is 4.90. The molecule has 0 bridgehead atoms. The Labute approximate surface area is 321 Å². The van der Waals surface area contributed by atoms with E-state index in [0.29, 0.717) is 0 Å². The number of fused-ring (bicyclic) bond motifs is 8. The summed E-state index contributed by atoms with van der Waals surface area (Å²) in [5.41, 5.74) is 14.9. The van der Waals surface area contributed by atoms with E-state index in [2.05, 4.69) is 200 Å².